The highest BCUT2D eigenvalue weighted by molar-refractivity contribution is 5.98. The molecule has 1 aliphatic heterocycles. The maximum absolute atomic E-state index is 12.9. The van der Waals surface area contributed by atoms with Crippen LogP contribution in [0.1, 0.15) is 30.6 Å². The van der Waals surface area contributed by atoms with Gasteiger partial charge in [-0.05, 0) is 30.4 Å². The number of carbonyl (C=O) groups excluding carboxylic acids is 1. The fourth-order valence-corrected chi connectivity index (χ4v) is 3.27. The van der Waals surface area contributed by atoms with Gasteiger partial charge in [-0.2, -0.15) is 0 Å². The Morgan fingerprint density at radius 3 is 2.09 bits per heavy atom. The van der Waals surface area contributed by atoms with Crippen LogP contribution in [0.3, 0.4) is 0 Å². The molecule has 0 radical (unpaired) electrons. The van der Waals surface area contributed by atoms with Crippen molar-refractivity contribution >= 4 is 5.91 Å². The van der Waals surface area contributed by atoms with Crippen LogP contribution in [0.2, 0.25) is 0 Å². The number of rotatable bonds is 4. The molecule has 122 valence electrons. The predicted molar refractivity (Wildman–Crippen MR) is 84.9 cm³/mol. The minimum atomic E-state index is -0.0174. The molecule has 1 aliphatic rings. The summed E-state index contributed by atoms with van der Waals surface area (Å²) in [7, 11) is 4.64. The third kappa shape index (κ3) is 3.13. The van der Waals surface area contributed by atoms with Gasteiger partial charge in [-0.3, -0.25) is 4.79 Å². The average Bonchev–Trinajstić information content (AvgIpc) is 2.51. The molecule has 1 fully saturated rings. The van der Waals surface area contributed by atoms with Gasteiger partial charge in [0.05, 0.1) is 26.9 Å². The van der Waals surface area contributed by atoms with E-state index in [0.717, 1.165) is 19.5 Å². The van der Waals surface area contributed by atoms with Crippen molar-refractivity contribution in [3.8, 4) is 17.2 Å². The molecule has 1 amide bonds. The van der Waals surface area contributed by atoms with Gasteiger partial charge in [0.2, 0.25) is 5.75 Å². The van der Waals surface area contributed by atoms with Gasteiger partial charge < -0.3 is 19.1 Å². The number of methoxy groups -OCH3 is 3. The molecule has 5 nitrogen and oxygen atoms in total. The summed E-state index contributed by atoms with van der Waals surface area (Å²) in [6, 6.07) is 3.48. The third-order valence-corrected chi connectivity index (χ3v) is 4.09. The number of piperidine rings is 1. The number of ether oxygens (including phenoxy) is 3. The van der Waals surface area contributed by atoms with E-state index in [1.165, 1.54) is 7.11 Å². The monoisotopic (exact) mass is 307 g/mol. The molecule has 0 N–H and O–H groups in total. The Morgan fingerprint density at radius 2 is 1.59 bits per heavy atom. The van der Waals surface area contributed by atoms with Crippen molar-refractivity contribution in [3.63, 3.8) is 0 Å². The molecule has 2 unspecified atom stereocenters. The largest absolute Gasteiger partial charge is 0.493 e. The second kappa shape index (κ2) is 6.90. The standard InChI is InChI=1S/C17H25NO4/c1-11-8-12(2)10-18(9-11)17(19)13-6-7-14(20-3)16(22-5)15(13)21-4/h6-7,11-12H,8-10H2,1-5H3. The van der Waals surface area contributed by atoms with Crippen molar-refractivity contribution in [2.45, 2.75) is 20.3 Å². The highest BCUT2D eigenvalue weighted by atomic mass is 16.5. The molecule has 0 bridgehead atoms. The topological polar surface area (TPSA) is 48.0 Å². The van der Waals surface area contributed by atoms with E-state index in [2.05, 4.69) is 13.8 Å². The number of benzene rings is 1. The zero-order valence-electron chi connectivity index (χ0n) is 14.0. The van der Waals surface area contributed by atoms with Crippen LogP contribution in [0, 0.1) is 11.8 Å². The third-order valence-electron chi connectivity index (χ3n) is 4.09. The zero-order valence-corrected chi connectivity index (χ0v) is 14.0. The number of likely N-dealkylation sites (tertiary alicyclic amines) is 1. The summed E-state index contributed by atoms with van der Waals surface area (Å²) in [4.78, 5) is 14.8. The van der Waals surface area contributed by atoms with Crippen LogP contribution in [0.4, 0.5) is 0 Å². The molecule has 5 heteroatoms. The molecule has 0 aromatic heterocycles. The van der Waals surface area contributed by atoms with Crippen LogP contribution in [-0.4, -0.2) is 45.2 Å². The summed E-state index contributed by atoms with van der Waals surface area (Å²) in [5.74, 6) is 2.44. The van der Waals surface area contributed by atoms with Crippen LogP contribution in [0.5, 0.6) is 17.2 Å². The van der Waals surface area contributed by atoms with Gasteiger partial charge in [-0.25, -0.2) is 0 Å². The van der Waals surface area contributed by atoms with Crippen LogP contribution < -0.4 is 14.2 Å². The Labute approximate surface area is 132 Å². The van der Waals surface area contributed by atoms with Gasteiger partial charge in [0.25, 0.3) is 5.91 Å². The maximum Gasteiger partial charge on any atom is 0.257 e. The van der Waals surface area contributed by atoms with Crippen molar-refractivity contribution in [1.29, 1.82) is 0 Å². The number of hydrogen-bond donors (Lipinski definition) is 0. The molecule has 1 aromatic carbocycles. The number of amides is 1. The summed E-state index contributed by atoms with van der Waals surface area (Å²) in [5.41, 5.74) is 0.515. The normalized spacial score (nSPS) is 21.4. The predicted octanol–water partition coefficient (Wildman–Crippen LogP) is 2.83. The SMILES string of the molecule is COc1ccc(C(=O)N2CC(C)CC(C)C2)c(OC)c1OC. The summed E-state index contributed by atoms with van der Waals surface area (Å²) in [5, 5.41) is 0. The lowest BCUT2D eigenvalue weighted by Crippen LogP contribution is -2.42. The first kappa shape index (κ1) is 16.5. The maximum atomic E-state index is 12.9. The van der Waals surface area contributed by atoms with Crippen molar-refractivity contribution in [3.05, 3.63) is 17.7 Å². The Hall–Kier alpha value is -1.91. The fraction of sp³-hybridized carbons (Fsp3) is 0.588. The van der Waals surface area contributed by atoms with E-state index >= 15 is 0 Å². The first-order valence-electron chi connectivity index (χ1n) is 7.60. The van der Waals surface area contributed by atoms with Gasteiger partial charge in [-0.15, -0.1) is 0 Å². The minimum absolute atomic E-state index is 0.0174. The molecule has 1 saturated heterocycles. The molecule has 22 heavy (non-hydrogen) atoms. The summed E-state index contributed by atoms with van der Waals surface area (Å²) < 4.78 is 16.0. The van der Waals surface area contributed by atoms with Crippen molar-refractivity contribution in [1.82, 2.24) is 4.90 Å². The zero-order chi connectivity index (χ0) is 16.3. The molecular formula is C17H25NO4. The van der Waals surface area contributed by atoms with Gasteiger partial charge >= 0.3 is 0 Å². The van der Waals surface area contributed by atoms with E-state index in [4.69, 9.17) is 14.2 Å². The van der Waals surface area contributed by atoms with E-state index in [0.29, 0.717) is 34.6 Å². The second-order valence-electron chi connectivity index (χ2n) is 6.04. The molecule has 2 rings (SSSR count). The Kier molecular flexibility index (Phi) is 5.16. The highest BCUT2D eigenvalue weighted by Gasteiger charge is 2.29. The molecule has 0 spiro atoms. The second-order valence-corrected chi connectivity index (χ2v) is 6.04. The lowest BCUT2D eigenvalue weighted by molar-refractivity contribution is 0.0619. The fourth-order valence-electron chi connectivity index (χ4n) is 3.27. The summed E-state index contributed by atoms with van der Waals surface area (Å²) >= 11 is 0. The molecule has 0 aliphatic carbocycles. The quantitative estimate of drug-likeness (QED) is 0.858. The molecule has 1 heterocycles. The number of hydrogen-bond acceptors (Lipinski definition) is 4. The summed E-state index contributed by atoms with van der Waals surface area (Å²) in [6.07, 6.45) is 1.16. The van der Waals surface area contributed by atoms with Crippen molar-refractivity contribution < 1.29 is 19.0 Å². The molecule has 2 atom stereocenters. The van der Waals surface area contributed by atoms with E-state index < -0.39 is 0 Å². The lowest BCUT2D eigenvalue weighted by Gasteiger charge is -2.35. The summed E-state index contributed by atoms with van der Waals surface area (Å²) in [6.45, 7) is 5.92. The van der Waals surface area contributed by atoms with Crippen molar-refractivity contribution in [2.24, 2.45) is 11.8 Å². The van der Waals surface area contributed by atoms with Gasteiger partial charge in [-0.1, -0.05) is 13.8 Å². The average molecular weight is 307 g/mol. The van der Waals surface area contributed by atoms with Crippen LogP contribution in [0.25, 0.3) is 0 Å². The first-order chi connectivity index (χ1) is 10.5. The minimum Gasteiger partial charge on any atom is -0.493 e. The number of nitrogens with zero attached hydrogens (tertiary/aromatic N) is 1. The van der Waals surface area contributed by atoms with E-state index in [9.17, 15) is 4.79 Å². The Bertz CT molecular complexity index is 534. The van der Waals surface area contributed by atoms with E-state index in [1.807, 2.05) is 4.90 Å². The van der Waals surface area contributed by atoms with Crippen LogP contribution in [-0.2, 0) is 0 Å². The lowest BCUT2D eigenvalue weighted by atomic mass is 9.91. The van der Waals surface area contributed by atoms with Gasteiger partial charge in [0, 0.05) is 13.1 Å². The smallest absolute Gasteiger partial charge is 0.257 e. The van der Waals surface area contributed by atoms with Crippen LogP contribution >= 0.6 is 0 Å². The van der Waals surface area contributed by atoms with Gasteiger partial charge in [0.1, 0.15) is 0 Å². The molecule has 1 aromatic rings. The van der Waals surface area contributed by atoms with Crippen LogP contribution in [0.15, 0.2) is 12.1 Å². The Morgan fingerprint density at radius 1 is 1.00 bits per heavy atom. The number of carbonyl (C=O) groups is 1. The molecule has 0 saturated carbocycles. The van der Waals surface area contributed by atoms with Gasteiger partial charge in [0.15, 0.2) is 11.5 Å². The molecular weight excluding hydrogens is 282 g/mol. The first-order valence-corrected chi connectivity index (χ1v) is 7.60. The van der Waals surface area contributed by atoms with E-state index in [1.54, 1.807) is 26.4 Å². The van der Waals surface area contributed by atoms with E-state index in [-0.39, 0.29) is 5.91 Å². The van der Waals surface area contributed by atoms with Crippen molar-refractivity contribution in [2.75, 3.05) is 34.4 Å². The highest BCUT2D eigenvalue weighted by Crippen LogP contribution is 2.40. The Balaban J connectivity index is 2.37.